The summed E-state index contributed by atoms with van der Waals surface area (Å²) >= 11 is 0. The molecule has 9 aliphatic rings. The molecule has 0 aromatic heterocycles. The Balaban J connectivity index is 0.000000321. The fraction of sp³-hybridized carbons (Fsp3) is 1.00. The van der Waals surface area contributed by atoms with Crippen LogP contribution in [0.15, 0.2) is 0 Å². The van der Waals surface area contributed by atoms with Gasteiger partial charge in [-0.15, -0.1) is 0 Å². The summed E-state index contributed by atoms with van der Waals surface area (Å²) in [6, 6.07) is 0. The minimum absolute atomic E-state index is 0.547. The van der Waals surface area contributed by atoms with E-state index in [1.807, 2.05) is 0 Å². The van der Waals surface area contributed by atoms with Crippen LogP contribution < -0.4 is 0 Å². The van der Waals surface area contributed by atoms with Crippen molar-refractivity contribution in [3.63, 3.8) is 0 Å². The van der Waals surface area contributed by atoms with Crippen LogP contribution in [-0.2, 0) is 0 Å². The Labute approximate surface area is 522 Å². The summed E-state index contributed by atoms with van der Waals surface area (Å²) in [4.78, 5) is 0. The van der Waals surface area contributed by atoms with E-state index in [1.165, 1.54) is 167 Å². The zero-order valence-electron chi connectivity index (χ0n) is 63.5. The fourth-order valence-corrected chi connectivity index (χ4v) is 21.3. The Kier molecular flexibility index (Phi) is 29.7. The molecule has 0 heterocycles. The lowest BCUT2D eigenvalue weighted by Crippen LogP contribution is -2.38. The molecule has 490 valence electrons. The van der Waals surface area contributed by atoms with Crippen molar-refractivity contribution in [3.05, 3.63) is 0 Å². The summed E-state index contributed by atoms with van der Waals surface area (Å²) in [5, 5.41) is 0. The van der Waals surface area contributed by atoms with Crippen LogP contribution in [0.2, 0.25) is 0 Å². The van der Waals surface area contributed by atoms with Crippen LogP contribution in [0.4, 0.5) is 0 Å². The van der Waals surface area contributed by atoms with Crippen LogP contribution in [0.5, 0.6) is 0 Å². The van der Waals surface area contributed by atoms with Crippen molar-refractivity contribution in [1.82, 2.24) is 0 Å². The molecular weight excluding hydrogens is 985 g/mol. The average Bonchev–Trinajstić information content (AvgIpc) is 3.92. The molecule has 0 heteroatoms. The van der Waals surface area contributed by atoms with E-state index in [4.69, 9.17) is 0 Å². The van der Waals surface area contributed by atoms with Crippen LogP contribution in [0.25, 0.3) is 0 Å². The number of hydrogen-bond donors (Lipinski definition) is 0. The van der Waals surface area contributed by atoms with Crippen molar-refractivity contribution >= 4 is 0 Å². The van der Waals surface area contributed by atoms with Crippen LogP contribution in [0.1, 0.15) is 395 Å². The molecule has 9 aliphatic carbocycles. The normalized spacial score (nSPS) is 35.0. The minimum atomic E-state index is 0.547. The predicted molar refractivity (Wildman–Crippen MR) is 375 cm³/mol. The van der Waals surface area contributed by atoms with Crippen molar-refractivity contribution in [2.75, 3.05) is 0 Å². The van der Waals surface area contributed by atoms with Crippen LogP contribution >= 0.6 is 0 Å². The molecule has 0 amide bonds. The molecule has 0 spiro atoms. The highest BCUT2D eigenvalue weighted by molar-refractivity contribution is 4.95. The summed E-state index contributed by atoms with van der Waals surface area (Å²) in [6.45, 7) is 77.0. The molecule has 9 saturated carbocycles. The van der Waals surface area contributed by atoms with Gasteiger partial charge in [-0.1, -0.05) is 286 Å². The summed E-state index contributed by atoms with van der Waals surface area (Å²) in [7, 11) is 0. The topological polar surface area (TPSA) is 0 Å². The van der Waals surface area contributed by atoms with E-state index in [0.29, 0.717) is 59.6 Å². The fourth-order valence-electron chi connectivity index (χ4n) is 21.3. The third kappa shape index (κ3) is 28.2. The monoisotopic (exact) mass is 1150 g/mol. The van der Waals surface area contributed by atoms with Crippen molar-refractivity contribution in [2.24, 2.45) is 131 Å². The van der Waals surface area contributed by atoms with Crippen molar-refractivity contribution in [2.45, 2.75) is 395 Å². The van der Waals surface area contributed by atoms with Crippen molar-refractivity contribution in [3.8, 4) is 0 Å². The first-order chi connectivity index (χ1) is 36.9. The Hall–Kier alpha value is 0. The van der Waals surface area contributed by atoms with Gasteiger partial charge in [0, 0.05) is 0 Å². The molecular formula is C82H162. The number of fused-ring (bicyclic) bond motifs is 2. The maximum absolute atomic E-state index is 2.44. The van der Waals surface area contributed by atoms with Gasteiger partial charge in [0.05, 0.1) is 0 Å². The van der Waals surface area contributed by atoms with Gasteiger partial charge >= 0.3 is 0 Å². The van der Waals surface area contributed by atoms with E-state index >= 15 is 0 Å². The first-order valence-corrected chi connectivity index (χ1v) is 36.9. The van der Waals surface area contributed by atoms with E-state index in [-0.39, 0.29) is 0 Å². The maximum Gasteiger partial charge on any atom is -0.0323 e. The van der Waals surface area contributed by atoms with E-state index < -0.39 is 0 Å². The maximum atomic E-state index is 2.44. The van der Waals surface area contributed by atoms with E-state index in [1.54, 1.807) is 6.42 Å². The second kappa shape index (κ2) is 31.2. The van der Waals surface area contributed by atoms with Gasteiger partial charge in [0.2, 0.25) is 0 Å². The molecule has 0 N–H and O–H groups in total. The first-order valence-electron chi connectivity index (χ1n) is 36.9. The van der Waals surface area contributed by atoms with E-state index in [0.717, 1.165) is 71.0 Å². The van der Waals surface area contributed by atoms with Gasteiger partial charge in [0.15, 0.2) is 0 Å². The van der Waals surface area contributed by atoms with Gasteiger partial charge in [-0.25, -0.2) is 0 Å². The quantitative estimate of drug-likeness (QED) is 0.245. The lowest BCUT2D eigenvalue weighted by molar-refractivity contribution is 0.0202. The summed E-state index contributed by atoms with van der Waals surface area (Å²) in [5.74, 6) is 12.0. The van der Waals surface area contributed by atoms with Gasteiger partial charge < -0.3 is 0 Å². The standard InChI is InChI=1S/2C12H24.2C11H22.C9H16.3C9H18/c1-10(2)7-11(3,4)9-12(5,6)8-10;1-6-10-7-11(2,3)9-12(4,5)8-10;1-9-6-10(2,3)8-11(4,5)7-9;1-9-10(2,3)7-6-8-11(9,4)5;1-6-7(2)9-4-3-8(6)5-9;1-8-4-6-9(2,3)7-5-8;1-8-6-4-5-7-9(8,2)3;1-7-5-4-6-8(2)9(7)3/h7-9H2,1-6H3;10H,6-9H2,1-5H3;2*9H,6-8H2,1-5H3;6-9H,3-5H2,1-2H3;2*8H,4-7H2,1-3H3;7-9H,4-6H2,1-3H3/t;;;;6-,7?,8?,9?;;8-;/m....0.1./s1. The molecule has 0 aromatic rings. The van der Waals surface area contributed by atoms with E-state index in [9.17, 15) is 0 Å². The molecule has 0 nitrogen and oxygen atoms in total. The van der Waals surface area contributed by atoms with E-state index in [2.05, 4.69) is 222 Å². The molecule has 7 atom stereocenters. The molecule has 9 fully saturated rings. The zero-order valence-corrected chi connectivity index (χ0v) is 63.5. The summed E-state index contributed by atoms with van der Waals surface area (Å²) < 4.78 is 0. The number of hydrogen-bond acceptors (Lipinski definition) is 0. The molecule has 0 radical (unpaired) electrons. The Morgan fingerprint density at radius 2 is 0.646 bits per heavy atom. The highest BCUT2D eigenvalue weighted by Crippen LogP contribution is 2.55. The molecule has 0 aromatic carbocycles. The average molecular weight is 1150 g/mol. The second-order valence-corrected chi connectivity index (χ2v) is 41.1. The molecule has 9 rings (SSSR count). The lowest BCUT2D eigenvalue weighted by Gasteiger charge is -2.49. The zero-order chi connectivity index (χ0) is 63.5. The number of rotatable bonds is 1. The molecule has 2 bridgehead atoms. The smallest absolute Gasteiger partial charge is 0.0323 e. The minimum Gasteiger partial charge on any atom is -0.0651 e. The van der Waals surface area contributed by atoms with Gasteiger partial charge in [-0.3, -0.25) is 0 Å². The Bertz CT molecular complexity index is 1630. The largest absolute Gasteiger partial charge is 0.0651 e. The van der Waals surface area contributed by atoms with Crippen molar-refractivity contribution in [1.29, 1.82) is 0 Å². The van der Waals surface area contributed by atoms with Crippen LogP contribution in [0, 0.1) is 131 Å². The summed E-state index contributed by atoms with van der Waals surface area (Å²) in [5.41, 5.74) is 6.42. The van der Waals surface area contributed by atoms with Crippen molar-refractivity contribution < 1.29 is 0 Å². The first kappa shape index (κ1) is 78.1. The highest BCUT2D eigenvalue weighted by Gasteiger charge is 2.44. The Morgan fingerprint density at radius 1 is 0.293 bits per heavy atom. The SMILES string of the molecule is CC1(C)CC(C)(C)CC(C)(C)C1.CC1C(C)(C)CCCC1(C)C.CC1C2CCC(C2)[C@H]1C.CC1CC(C)(C)CC(C)(C)C1.CC1CCC(C)(C)CC1.CC1CCCC(C)C1C.CCC1CC(C)(C)CC(C)(C)C1.C[C@@H]1CCCCC1(C)C. The molecule has 82 heavy (non-hydrogen) atoms. The molecule has 0 saturated heterocycles. The third-order valence-corrected chi connectivity index (χ3v) is 25.4. The predicted octanol–water partition coefficient (Wildman–Crippen LogP) is 28.4. The highest BCUT2D eigenvalue weighted by atomic mass is 14.5. The van der Waals surface area contributed by atoms with Gasteiger partial charge in [-0.2, -0.15) is 0 Å². The molecule has 0 aliphatic heterocycles. The summed E-state index contributed by atoms with van der Waals surface area (Å²) in [6.07, 6.45) is 38.9. The van der Waals surface area contributed by atoms with Gasteiger partial charge in [0.1, 0.15) is 0 Å². The lowest BCUT2D eigenvalue weighted by atomic mass is 9.56. The third-order valence-electron chi connectivity index (χ3n) is 25.4. The molecule has 5 unspecified atom stereocenters. The Morgan fingerprint density at radius 3 is 0.915 bits per heavy atom. The van der Waals surface area contributed by atoms with Gasteiger partial charge in [0.25, 0.3) is 0 Å². The van der Waals surface area contributed by atoms with Crippen LogP contribution in [-0.4, -0.2) is 0 Å². The van der Waals surface area contributed by atoms with Gasteiger partial charge in [-0.05, 0) is 240 Å². The second-order valence-electron chi connectivity index (χ2n) is 41.1. The van der Waals surface area contributed by atoms with Crippen LogP contribution in [0.3, 0.4) is 0 Å².